The number of methoxy groups -OCH3 is 1. The Bertz CT molecular complexity index is 332. The maximum absolute atomic E-state index is 10.8. The van der Waals surface area contributed by atoms with E-state index in [1.54, 1.807) is 0 Å². The van der Waals surface area contributed by atoms with Gasteiger partial charge in [-0.1, -0.05) is 0 Å². The Morgan fingerprint density at radius 3 is 2.92 bits per heavy atom. The lowest BCUT2D eigenvalue weighted by Gasteiger charge is -1.93. The minimum atomic E-state index is -0.650. The molecule has 2 N–H and O–H groups in total. The fourth-order valence-corrected chi connectivity index (χ4v) is 0.715. The van der Waals surface area contributed by atoms with E-state index in [0.717, 1.165) is 4.68 Å². The molecule has 70 valence electrons. The maximum Gasteiger partial charge on any atom is 0.377 e. The minimum Gasteiger partial charge on any atom is -0.463 e. The second kappa shape index (κ2) is 3.65. The summed E-state index contributed by atoms with van der Waals surface area (Å²) in [6, 6.07) is 0. The Morgan fingerprint density at radius 2 is 2.38 bits per heavy atom. The van der Waals surface area contributed by atoms with Gasteiger partial charge in [-0.05, 0) is 0 Å². The summed E-state index contributed by atoms with van der Waals surface area (Å²) in [5, 5.41) is 3.65. The summed E-state index contributed by atoms with van der Waals surface area (Å²) >= 11 is 0. The fourth-order valence-electron chi connectivity index (χ4n) is 0.715. The number of primary amides is 1. The monoisotopic (exact) mass is 184 g/mol. The predicted octanol–water partition coefficient (Wildman–Crippen LogP) is -1.45. The summed E-state index contributed by atoms with van der Waals surface area (Å²) in [5.41, 5.74) is 4.90. The summed E-state index contributed by atoms with van der Waals surface area (Å²) in [4.78, 5) is 24.9. The van der Waals surface area contributed by atoms with Crippen LogP contribution in [-0.4, -0.2) is 33.8 Å². The molecule has 0 aliphatic carbocycles. The van der Waals surface area contributed by atoms with Crippen LogP contribution in [0.4, 0.5) is 0 Å². The molecular formula is C6H8N4O3. The molecule has 0 fully saturated rings. The Morgan fingerprint density at radius 1 is 1.69 bits per heavy atom. The Hall–Kier alpha value is -1.92. The molecule has 1 amide bonds. The molecule has 0 spiro atoms. The quantitative estimate of drug-likeness (QED) is 0.579. The van der Waals surface area contributed by atoms with Crippen molar-refractivity contribution in [1.29, 1.82) is 0 Å². The molecule has 0 aromatic carbocycles. The summed E-state index contributed by atoms with van der Waals surface area (Å²) in [5.74, 6) is -1.30. The zero-order chi connectivity index (χ0) is 9.84. The van der Waals surface area contributed by atoms with Crippen molar-refractivity contribution in [3.05, 3.63) is 12.2 Å². The first-order valence-corrected chi connectivity index (χ1v) is 3.39. The topological polar surface area (TPSA) is 100 Å². The summed E-state index contributed by atoms with van der Waals surface area (Å²) in [6.45, 7) is -0.107. The molecule has 1 aromatic heterocycles. The lowest BCUT2D eigenvalue weighted by atomic mass is 10.6. The van der Waals surface area contributed by atoms with Crippen molar-refractivity contribution in [3.63, 3.8) is 0 Å². The molecule has 7 nitrogen and oxygen atoms in total. The molecule has 0 unspecified atom stereocenters. The number of aromatic nitrogens is 3. The van der Waals surface area contributed by atoms with Crippen LogP contribution in [0.2, 0.25) is 0 Å². The van der Waals surface area contributed by atoms with Crippen LogP contribution in [0.5, 0.6) is 0 Å². The van der Waals surface area contributed by atoms with Gasteiger partial charge in [-0.15, -0.1) is 5.10 Å². The van der Waals surface area contributed by atoms with Gasteiger partial charge in [-0.2, -0.15) is 0 Å². The van der Waals surface area contributed by atoms with Crippen LogP contribution in [-0.2, 0) is 16.1 Å². The fraction of sp³-hybridized carbons (Fsp3) is 0.333. The van der Waals surface area contributed by atoms with Gasteiger partial charge in [0, 0.05) is 0 Å². The standard InChI is InChI=1S/C6H8N4O3/c1-13-6(12)5-8-3-10(9-5)2-4(7)11/h3H,2H2,1H3,(H2,7,11). The molecule has 0 bridgehead atoms. The molecular weight excluding hydrogens is 176 g/mol. The van der Waals surface area contributed by atoms with Gasteiger partial charge in [-0.3, -0.25) is 4.79 Å². The number of nitrogens with two attached hydrogens (primary N) is 1. The summed E-state index contributed by atoms with van der Waals surface area (Å²) in [7, 11) is 1.22. The highest BCUT2D eigenvalue weighted by molar-refractivity contribution is 5.84. The number of ether oxygens (including phenoxy) is 1. The van der Waals surface area contributed by atoms with E-state index in [1.165, 1.54) is 13.4 Å². The number of amides is 1. The first-order chi connectivity index (χ1) is 6.13. The molecule has 1 aromatic rings. The van der Waals surface area contributed by atoms with Crippen molar-refractivity contribution in [3.8, 4) is 0 Å². The molecule has 1 heterocycles. The highest BCUT2D eigenvalue weighted by atomic mass is 16.5. The first-order valence-electron chi connectivity index (χ1n) is 3.39. The summed E-state index contributed by atoms with van der Waals surface area (Å²) < 4.78 is 5.52. The molecule has 1 rings (SSSR count). The smallest absolute Gasteiger partial charge is 0.377 e. The van der Waals surface area contributed by atoms with Gasteiger partial charge in [0.1, 0.15) is 12.9 Å². The number of esters is 1. The van der Waals surface area contributed by atoms with Crippen molar-refractivity contribution in [2.45, 2.75) is 6.54 Å². The van der Waals surface area contributed by atoms with E-state index in [4.69, 9.17) is 5.73 Å². The number of hydrogen-bond donors (Lipinski definition) is 1. The number of rotatable bonds is 3. The van der Waals surface area contributed by atoms with Crippen LogP contribution in [0.25, 0.3) is 0 Å². The predicted molar refractivity (Wildman–Crippen MR) is 40.6 cm³/mol. The second-order valence-corrected chi connectivity index (χ2v) is 2.22. The van der Waals surface area contributed by atoms with Crippen molar-refractivity contribution in [1.82, 2.24) is 14.8 Å². The largest absolute Gasteiger partial charge is 0.463 e. The number of carbonyl (C=O) groups is 2. The third kappa shape index (κ3) is 2.26. The van der Waals surface area contributed by atoms with E-state index < -0.39 is 11.9 Å². The lowest BCUT2D eigenvalue weighted by molar-refractivity contribution is -0.118. The number of carbonyl (C=O) groups excluding carboxylic acids is 2. The van der Waals surface area contributed by atoms with Gasteiger partial charge < -0.3 is 10.5 Å². The average Bonchev–Trinajstić information content (AvgIpc) is 2.50. The van der Waals surface area contributed by atoms with Crippen LogP contribution in [0.3, 0.4) is 0 Å². The van der Waals surface area contributed by atoms with Crippen molar-refractivity contribution in [2.24, 2.45) is 5.73 Å². The van der Waals surface area contributed by atoms with E-state index >= 15 is 0 Å². The molecule has 0 radical (unpaired) electrons. The van der Waals surface area contributed by atoms with Gasteiger partial charge in [0.25, 0.3) is 5.82 Å². The molecule has 0 atom stereocenters. The van der Waals surface area contributed by atoms with Gasteiger partial charge in [0.2, 0.25) is 5.91 Å². The molecule has 0 aliphatic rings. The van der Waals surface area contributed by atoms with Crippen LogP contribution < -0.4 is 5.73 Å². The SMILES string of the molecule is COC(=O)c1ncn(CC(N)=O)n1. The van der Waals surface area contributed by atoms with Crippen LogP contribution >= 0.6 is 0 Å². The Kier molecular flexibility index (Phi) is 2.58. The van der Waals surface area contributed by atoms with Crippen molar-refractivity contribution >= 4 is 11.9 Å². The van der Waals surface area contributed by atoms with Crippen LogP contribution in [0, 0.1) is 0 Å². The summed E-state index contributed by atoms with van der Waals surface area (Å²) in [6.07, 6.45) is 1.23. The molecule has 0 saturated heterocycles. The Labute approximate surface area is 73.5 Å². The average molecular weight is 184 g/mol. The highest BCUT2D eigenvalue weighted by Gasteiger charge is 2.11. The Balaban J connectivity index is 2.74. The van der Waals surface area contributed by atoms with E-state index in [9.17, 15) is 9.59 Å². The first kappa shape index (κ1) is 9.17. The highest BCUT2D eigenvalue weighted by Crippen LogP contribution is 1.91. The van der Waals surface area contributed by atoms with Gasteiger partial charge in [0.15, 0.2) is 0 Å². The zero-order valence-electron chi connectivity index (χ0n) is 6.93. The second-order valence-electron chi connectivity index (χ2n) is 2.22. The molecule has 13 heavy (non-hydrogen) atoms. The van der Waals surface area contributed by atoms with Gasteiger partial charge in [0.05, 0.1) is 7.11 Å². The van der Waals surface area contributed by atoms with Crippen LogP contribution in [0.1, 0.15) is 10.6 Å². The number of nitrogens with zero attached hydrogens (tertiary/aromatic N) is 3. The number of hydrogen-bond acceptors (Lipinski definition) is 5. The third-order valence-corrected chi connectivity index (χ3v) is 1.22. The molecule has 7 heteroatoms. The van der Waals surface area contributed by atoms with E-state index in [-0.39, 0.29) is 12.4 Å². The third-order valence-electron chi connectivity index (χ3n) is 1.22. The van der Waals surface area contributed by atoms with Crippen molar-refractivity contribution in [2.75, 3.05) is 7.11 Å². The zero-order valence-corrected chi connectivity index (χ0v) is 6.93. The lowest BCUT2D eigenvalue weighted by Crippen LogP contribution is -2.19. The van der Waals surface area contributed by atoms with Crippen LogP contribution in [0.15, 0.2) is 6.33 Å². The van der Waals surface area contributed by atoms with Gasteiger partial charge >= 0.3 is 5.97 Å². The van der Waals surface area contributed by atoms with Gasteiger partial charge in [-0.25, -0.2) is 14.5 Å². The minimum absolute atomic E-state index is 0.0937. The van der Waals surface area contributed by atoms with E-state index in [2.05, 4.69) is 14.8 Å². The van der Waals surface area contributed by atoms with E-state index in [0.29, 0.717) is 0 Å². The maximum atomic E-state index is 10.8. The van der Waals surface area contributed by atoms with Crippen molar-refractivity contribution < 1.29 is 14.3 Å². The van der Waals surface area contributed by atoms with E-state index in [1.807, 2.05) is 0 Å². The molecule has 0 saturated carbocycles. The molecule has 0 aliphatic heterocycles. The normalized spacial score (nSPS) is 9.62.